The number of ether oxygens (including phenoxy) is 2. The molecule has 3 rings (SSSR count). The van der Waals surface area contributed by atoms with Gasteiger partial charge in [-0.15, -0.1) is 0 Å². The summed E-state index contributed by atoms with van der Waals surface area (Å²) in [6.07, 6.45) is 1.14. The predicted molar refractivity (Wildman–Crippen MR) is 82.2 cm³/mol. The zero-order chi connectivity index (χ0) is 16.4. The standard InChI is InChI=1S/C17H21NO5/c1-22-13-7-3-2-5-11(13)12-6-4-10-18(12)16(19)14-8-9-15(23-14)17(20)21/h2-3,5,7,12,14-15H,4,6,8-10H2,1H3,(H,20,21)/t12?,14-,15+/m0/s1. The molecule has 2 fully saturated rings. The van der Waals surface area contributed by atoms with Gasteiger partial charge in [0.05, 0.1) is 13.2 Å². The van der Waals surface area contributed by atoms with E-state index < -0.39 is 18.2 Å². The van der Waals surface area contributed by atoms with Crippen LogP contribution in [-0.4, -0.2) is 47.7 Å². The van der Waals surface area contributed by atoms with E-state index in [1.54, 1.807) is 7.11 Å². The molecular weight excluding hydrogens is 298 g/mol. The van der Waals surface area contributed by atoms with Gasteiger partial charge in [0.15, 0.2) is 6.10 Å². The molecule has 3 atom stereocenters. The van der Waals surface area contributed by atoms with Gasteiger partial charge in [-0.3, -0.25) is 4.79 Å². The minimum atomic E-state index is -0.997. The summed E-state index contributed by atoms with van der Waals surface area (Å²) in [5.74, 6) is -0.335. The van der Waals surface area contributed by atoms with Gasteiger partial charge in [0.25, 0.3) is 5.91 Å². The lowest BCUT2D eigenvalue weighted by molar-refractivity contribution is -0.155. The third-order valence-corrected chi connectivity index (χ3v) is 4.60. The van der Waals surface area contributed by atoms with E-state index in [1.807, 2.05) is 29.2 Å². The molecule has 6 nitrogen and oxygen atoms in total. The Labute approximate surface area is 135 Å². The fourth-order valence-corrected chi connectivity index (χ4v) is 3.48. The summed E-state index contributed by atoms with van der Waals surface area (Å²) < 4.78 is 10.8. The molecule has 0 saturated carbocycles. The first-order valence-electron chi connectivity index (χ1n) is 7.93. The van der Waals surface area contributed by atoms with E-state index in [0.29, 0.717) is 19.4 Å². The summed E-state index contributed by atoms with van der Waals surface area (Å²) in [6, 6.07) is 7.67. The van der Waals surface area contributed by atoms with Crippen molar-refractivity contribution in [2.75, 3.05) is 13.7 Å². The van der Waals surface area contributed by atoms with Crippen LogP contribution in [0.15, 0.2) is 24.3 Å². The Kier molecular flexibility index (Phi) is 4.52. The van der Waals surface area contributed by atoms with Crippen molar-refractivity contribution in [3.05, 3.63) is 29.8 Å². The number of hydrogen-bond acceptors (Lipinski definition) is 4. The number of aliphatic carboxylic acids is 1. The van der Waals surface area contributed by atoms with E-state index >= 15 is 0 Å². The van der Waals surface area contributed by atoms with Crippen LogP contribution in [0.25, 0.3) is 0 Å². The SMILES string of the molecule is COc1ccccc1C1CCCN1C(=O)[C@@H]1CC[C@H](C(=O)O)O1. The molecule has 1 aromatic carbocycles. The fourth-order valence-electron chi connectivity index (χ4n) is 3.48. The third-order valence-electron chi connectivity index (χ3n) is 4.60. The fraction of sp³-hybridized carbons (Fsp3) is 0.529. The Morgan fingerprint density at radius 1 is 1.22 bits per heavy atom. The van der Waals surface area contributed by atoms with Gasteiger partial charge >= 0.3 is 5.97 Å². The Hall–Kier alpha value is -2.08. The van der Waals surface area contributed by atoms with Crippen molar-refractivity contribution in [3.8, 4) is 5.75 Å². The smallest absolute Gasteiger partial charge is 0.332 e. The first kappa shape index (κ1) is 15.8. The molecule has 2 aliphatic rings. The highest BCUT2D eigenvalue weighted by Gasteiger charge is 2.40. The highest BCUT2D eigenvalue weighted by atomic mass is 16.5. The van der Waals surface area contributed by atoms with E-state index in [4.69, 9.17) is 14.6 Å². The first-order chi connectivity index (χ1) is 11.1. The van der Waals surface area contributed by atoms with Gasteiger partial charge in [-0.2, -0.15) is 0 Å². The molecule has 2 heterocycles. The highest BCUT2D eigenvalue weighted by Crippen LogP contribution is 2.38. The second-order valence-electron chi connectivity index (χ2n) is 5.96. The first-order valence-corrected chi connectivity index (χ1v) is 7.93. The topological polar surface area (TPSA) is 76.1 Å². The molecule has 23 heavy (non-hydrogen) atoms. The number of para-hydroxylation sites is 1. The van der Waals surface area contributed by atoms with Crippen LogP contribution in [0, 0.1) is 0 Å². The molecule has 0 radical (unpaired) electrons. The molecule has 0 aromatic heterocycles. The van der Waals surface area contributed by atoms with E-state index in [9.17, 15) is 9.59 Å². The van der Waals surface area contributed by atoms with E-state index in [2.05, 4.69) is 0 Å². The minimum Gasteiger partial charge on any atom is -0.496 e. The van der Waals surface area contributed by atoms with Gasteiger partial charge in [-0.25, -0.2) is 4.79 Å². The number of nitrogens with zero attached hydrogens (tertiary/aromatic N) is 1. The van der Waals surface area contributed by atoms with E-state index in [1.165, 1.54) is 0 Å². The van der Waals surface area contributed by atoms with Crippen LogP contribution in [0.1, 0.15) is 37.3 Å². The van der Waals surface area contributed by atoms with Crippen molar-refractivity contribution < 1.29 is 24.2 Å². The summed E-state index contributed by atoms with van der Waals surface area (Å²) in [4.78, 5) is 25.6. The Morgan fingerprint density at radius 2 is 1.96 bits per heavy atom. The maximum absolute atomic E-state index is 12.8. The lowest BCUT2D eigenvalue weighted by atomic mass is 10.0. The summed E-state index contributed by atoms with van der Waals surface area (Å²) in [5, 5.41) is 9.01. The predicted octanol–water partition coefficient (Wildman–Crippen LogP) is 1.99. The number of methoxy groups -OCH3 is 1. The molecule has 1 amide bonds. The third kappa shape index (κ3) is 3.03. The molecular formula is C17H21NO5. The minimum absolute atomic E-state index is 0.0360. The lowest BCUT2D eigenvalue weighted by Gasteiger charge is -2.28. The number of carboxylic acid groups (broad SMARTS) is 1. The zero-order valence-corrected chi connectivity index (χ0v) is 13.1. The van der Waals surface area contributed by atoms with Crippen LogP contribution < -0.4 is 4.74 Å². The number of amides is 1. The van der Waals surface area contributed by atoms with Crippen molar-refractivity contribution in [2.45, 2.75) is 43.9 Å². The van der Waals surface area contributed by atoms with Crippen LogP contribution in [0.2, 0.25) is 0 Å². The van der Waals surface area contributed by atoms with Gasteiger partial charge in [-0.1, -0.05) is 18.2 Å². The number of hydrogen-bond donors (Lipinski definition) is 1. The van der Waals surface area contributed by atoms with Crippen LogP contribution in [-0.2, 0) is 14.3 Å². The van der Waals surface area contributed by atoms with Gasteiger partial charge in [0.1, 0.15) is 11.9 Å². The number of rotatable bonds is 4. The molecule has 1 N–H and O–H groups in total. The van der Waals surface area contributed by atoms with Crippen LogP contribution >= 0.6 is 0 Å². The van der Waals surface area contributed by atoms with Crippen molar-refractivity contribution in [3.63, 3.8) is 0 Å². The number of benzene rings is 1. The second-order valence-corrected chi connectivity index (χ2v) is 5.96. The average molecular weight is 319 g/mol. The Balaban J connectivity index is 1.77. The molecule has 124 valence electrons. The lowest BCUT2D eigenvalue weighted by Crippen LogP contribution is -2.39. The quantitative estimate of drug-likeness (QED) is 0.918. The molecule has 1 unspecified atom stereocenters. The number of likely N-dealkylation sites (tertiary alicyclic amines) is 1. The Morgan fingerprint density at radius 3 is 2.65 bits per heavy atom. The van der Waals surface area contributed by atoms with Crippen molar-refractivity contribution in [1.82, 2.24) is 4.90 Å². The van der Waals surface area contributed by atoms with Crippen LogP contribution in [0.5, 0.6) is 5.75 Å². The molecule has 1 aromatic rings. The van der Waals surface area contributed by atoms with Gasteiger partial charge < -0.3 is 19.5 Å². The highest BCUT2D eigenvalue weighted by molar-refractivity contribution is 5.83. The molecule has 2 aliphatic heterocycles. The zero-order valence-electron chi connectivity index (χ0n) is 13.1. The summed E-state index contributed by atoms with van der Waals surface area (Å²) >= 11 is 0. The largest absolute Gasteiger partial charge is 0.496 e. The van der Waals surface area contributed by atoms with E-state index in [0.717, 1.165) is 24.2 Å². The second kappa shape index (κ2) is 6.58. The maximum atomic E-state index is 12.8. The number of carbonyl (C=O) groups excluding carboxylic acids is 1. The molecule has 0 spiro atoms. The maximum Gasteiger partial charge on any atom is 0.332 e. The summed E-state index contributed by atoms with van der Waals surface area (Å²) in [5.41, 5.74) is 0.994. The van der Waals surface area contributed by atoms with Crippen molar-refractivity contribution >= 4 is 11.9 Å². The molecule has 0 aliphatic carbocycles. The number of carbonyl (C=O) groups is 2. The van der Waals surface area contributed by atoms with Gasteiger partial charge in [0, 0.05) is 12.1 Å². The van der Waals surface area contributed by atoms with Gasteiger partial charge in [-0.05, 0) is 31.7 Å². The van der Waals surface area contributed by atoms with Gasteiger partial charge in [0.2, 0.25) is 0 Å². The molecule has 6 heteroatoms. The normalized spacial score (nSPS) is 27.2. The van der Waals surface area contributed by atoms with Crippen LogP contribution in [0.3, 0.4) is 0 Å². The monoisotopic (exact) mass is 319 g/mol. The molecule has 0 bridgehead atoms. The number of carboxylic acids is 1. The molecule has 2 saturated heterocycles. The van der Waals surface area contributed by atoms with Crippen LogP contribution in [0.4, 0.5) is 0 Å². The van der Waals surface area contributed by atoms with E-state index in [-0.39, 0.29) is 11.9 Å². The average Bonchev–Trinajstić information content (AvgIpc) is 3.23. The summed E-state index contributed by atoms with van der Waals surface area (Å²) in [7, 11) is 1.62. The summed E-state index contributed by atoms with van der Waals surface area (Å²) in [6.45, 7) is 0.666. The Bertz CT molecular complexity index is 602. The van der Waals surface area contributed by atoms with Crippen molar-refractivity contribution in [1.29, 1.82) is 0 Å². The van der Waals surface area contributed by atoms with Crippen molar-refractivity contribution in [2.24, 2.45) is 0 Å².